The van der Waals surface area contributed by atoms with Crippen LogP contribution in [0.2, 0.25) is 0 Å². The summed E-state index contributed by atoms with van der Waals surface area (Å²) in [6.07, 6.45) is 0.973. The first kappa shape index (κ1) is 6.89. The summed E-state index contributed by atoms with van der Waals surface area (Å²) in [7, 11) is 0. The van der Waals surface area contributed by atoms with Crippen molar-refractivity contribution in [3.8, 4) is 11.3 Å². The molecule has 2 aromatic rings. The van der Waals surface area contributed by atoms with Gasteiger partial charge in [-0.2, -0.15) is 0 Å². The normalized spacial score (nSPS) is 12.7. The molecule has 0 saturated heterocycles. The Kier molecular flexibility index (Phi) is 1.18. The van der Waals surface area contributed by atoms with E-state index in [1.807, 2.05) is 13.0 Å². The predicted octanol–water partition coefficient (Wildman–Crippen LogP) is 2.55. The highest BCUT2D eigenvalue weighted by molar-refractivity contribution is 5.73. The van der Waals surface area contributed by atoms with Crippen LogP contribution in [-0.2, 0) is 6.42 Å². The average Bonchev–Trinajstić information content (AvgIpc) is 2.67. The van der Waals surface area contributed by atoms with Gasteiger partial charge in [0.25, 0.3) is 0 Å². The van der Waals surface area contributed by atoms with Crippen molar-refractivity contribution in [1.29, 1.82) is 0 Å². The van der Waals surface area contributed by atoms with E-state index in [0.29, 0.717) is 0 Å². The fourth-order valence-electron chi connectivity index (χ4n) is 1.91. The zero-order valence-electron chi connectivity index (χ0n) is 7.37. The third-order valence-corrected chi connectivity index (χ3v) is 2.62. The molecule has 0 aliphatic heterocycles. The molecule has 13 heavy (non-hydrogen) atoms. The van der Waals surface area contributed by atoms with Gasteiger partial charge in [0, 0.05) is 17.5 Å². The molecule has 1 aromatic carbocycles. The van der Waals surface area contributed by atoms with E-state index in [0.717, 1.165) is 17.9 Å². The summed E-state index contributed by atoms with van der Waals surface area (Å²) in [6.45, 7) is 1.97. The number of aromatic nitrogens is 1. The van der Waals surface area contributed by atoms with Crippen molar-refractivity contribution in [2.75, 3.05) is 0 Å². The molecule has 1 aliphatic carbocycles. The number of hydrogen-bond donors (Lipinski definition) is 0. The Bertz CT molecular complexity index is 471. The molecule has 0 bridgehead atoms. The Morgan fingerprint density at radius 3 is 3.08 bits per heavy atom. The van der Waals surface area contributed by atoms with Crippen molar-refractivity contribution in [2.45, 2.75) is 13.3 Å². The number of aryl methyl sites for hydroxylation is 1. The van der Waals surface area contributed by atoms with Gasteiger partial charge in [-0.3, -0.25) is 0 Å². The van der Waals surface area contributed by atoms with Crippen molar-refractivity contribution in [1.82, 2.24) is 5.16 Å². The average molecular weight is 171 g/mol. The largest absolute Gasteiger partial charge is 0.361 e. The molecular weight excluding hydrogens is 162 g/mol. The highest BCUT2D eigenvalue weighted by Crippen LogP contribution is 2.36. The van der Waals surface area contributed by atoms with Gasteiger partial charge in [-0.05, 0) is 12.5 Å². The first-order valence-electron chi connectivity index (χ1n) is 4.39. The van der Waals surface area contributed by atoms with E-state index < -0.39 is 0 Å². The van der Waals surface area contributed by atoms with E-state index in [-0.39, 0.29) is 0 Å². The Hall–Kier alpha value is -1.57. The zero-order valence-corrected chi connectivity index (χ0v) is 7.37. The second-order valence-corrected chi connectivity index (χ2v) is 3.40. The summed E-state index contributed by atoms with van der Waals surface area (Å²) in [4.78, 5) is 0. The van der Waals surface area contributed by atoms with Gasteiger partial charge < -0.3 is 4.52 Å². The van der Waals surface area contributed by atoms with Crippen LogP contribution in [0.1, 0.15) is 16.9 Å². The van der Waals surface area contributed by atoms with E-state index in [1.54, 1.807) is 0 Å². The summed E-state index contributed by atoms with van der Waals surface area (Å²) in [5.74, 6) is 0.950. The molecule has 0 unspecified atom stereocenters. The molecule has 0 spiro atoms. The lowest BCUT2D eigenvalue weighted by Crippen LogP contribution is -1.80. The maximum atomic E-state index is 5.14. The topological polar surface area (TPSA) is 26.0 Å². The Labute approximate surface area is 76.2 Å². The molecule has 0 radical (unpaired) electrons. The summed E-state index contributed by atoms with van der Waals surface area (Å²) >= 11 is 0. The van der Waals surface area contributed by atoms with Crippen LogP contribution >= 0.6 is 0 Å². The molecule has 1 aliphatic rings. The highest BCUT2D eigenvalue weighted by atomic mass is 16.5. The summed E-state index contributed by atoms with van der Waals surface area (Å²) < 4.78 is 5.14. The van der Waals surface area contributed by atoms with Crippen molar-refractivity contribution < 1.29 is 4.52 Å². The molecule has 0 fully saturated rings. The quantitative estimate of drug-likeness (QED) is 0.519. The van der Waals surface area contributed by atoms with E-state index in [2.05, 4.69) is 23.4 Å². The van der Waals surface area contributed by atoms with Gasteiger partial charge in [-0.25, -0.2) is 0 Å². The molecule has 3 rings (SSSR count). The molecule has 64 valence electrons. The van der Waals surface area contributed by atoms with Crippen LogP contribution in [0.3, 0.4) is 0 Å². The first-order valence-corrected chi connectivity index (χ1v) is 4.39. The minimum atomic E-state index is 0.950. The van der Waals surface area contributed by atoms with E-state index in [4.69, 9.17) is 4.52 Å². The van der Waals surface area contributed by atoms with Crippen LogP contribution < -0.4 is 0 Å². The minimum absolute atomic E-state index is 0.950. The lowest BCUT2D eigenvalue weighted by Gasteiger charge is -1.95. The van der Waals surface area contributed by atoms with Crippen molar-refractivity contribution in [2.24, 2.45) is 0 Å². The number of rotatable bonds is 0. The fraction of sp³-hybridized carbons (Fsp3) is 0.182. The third-order valence-electron chi connectivity index (χ3n) is 2.62. The lowest BCUT2D eigenvalue weighted by molar-refractivity contribution is 0.397. The molecule has 2 nitrogen and oxygen atoms in total. The molecule has 2 heteroatoms. The van der Waals surface area contributed by atoms with Crippen molar-refractivity contribution in [3.05, 3.63) is 41.2 Å². The van der Waals surface area contributed by atoms with E-state index in [1.165, 1.54) is 16.7 Å². The monoisotopic (exact) mass is 171 g/mol. The lowest BCUT2D eigenvalue weighted by atomic mass is 10.1. The van der Waals surface area contributed by atoms with Crippen LogP contribution in [0.4, 0.5) is 0 Å². The van der Waals surface area contributed by atoms with Crippen molar-refractivity contribution >= 4 is 0 Å². The van der Waals surface area contributed by atoms with Gasteiger partial charge in [0.2, 0.25) is 0 Å². The van der Waals surface area contributed by atoms with Crippen LogP contribution in [0.15, 0.2) is 28.8 Å². The zero-order chi connectivity index (χ0) is 8.84. The first-order chi connectivity index (χ1) is 6.36. The molecule has 0 N–H and O–H groups in total. The molecule has 1 aromatic heterocycles. The predicted molar refractivity (Wildman–Crippen MR) is 49.5 cm³/mol. The number of benzene rings is 1. The summed E-state index contributed by atoms with van der Waals surface area (Å²) in [6, 6.07) is 8.36. The SMILES string of the molecule is Cc1onc2c1Cc1ccccc1-2. The standard InChI is InChI=1S/C11H9NO/c1-7-10-6-8-4-2-3-5-9(8)11(10)12-13-7/h2-5H,6H2,1H3. The summed E-state index contributed by atoms with van der Waals surface area (Å²) in [5, 5.41) is 4.06. The molecule has 0 amide bonds. The third kappa shape index (κ3) is 0.800. The summed E-state index contributed by atoms with van der Waals surface area (Å²) in [5.41, 5.74) is 4.88. The van der Waals surface area contributed by atoms with Gasteiger partial charge in [0.15, 0.2) is 0 Å². The van der Waals surface area contributed by atoms with Gasteiger partial charge >= 0.3 is 0 Å². The van der Waals surface area contributed by atoms with Crippen molar-refractivity contribution in [3.63, 3.8) is 0 Å². The van der Waals surface area contributed by atoms with Gasteiger partial charge in [0.05, 0.1) is 0 Å². The molecule has 1 heterocycles. The van der Waals surface area contributed by atoms with Gasteiger partial charge in [-0.1, -0.05) is 29.4 Å². The Morgan fingerprint density at radius 1 is 1.31 bits per heavy atom. The molecule has 0 saturated carbocycles. The second kappa shape index (κ2) is 2.22. The maximum Gasteiger partial charge on any atom is 0.137 e. The van der Waals surface area contributed by atoms with E-state index >= 15 is 0 Å². The van der Waals surface area contributed by atoms with Gasteiger partial charge in [0.1, 0.15) is 11.5 Å². The maximum absolute atomic E-state index is 5.14. The van der Waals surface area contributed by atoms with Crippen LogP contribution in [0.5, 0.6) is 0 Å². The fourth-order valence-corrected chi connectivity index (χ4v) is 1.91. The van der Waals surface area contributed by atoms with Gasteiger partial charge in [-0.15, -0.1) is 0 Å². The number of hydrogen-bond acceptors (Lipinski definition) is 2. The second-order valence-electron chi connectivity index (χ2n) is 3.40. The van der Waals surface area contributed by atoms with Crippen LogP contribution in [0.25, 0.3) is 11.3 Å². The number of fused-ring (bicyclic) bond motifs is 3. The Balaban J connectivity index is 2.32. The number of nitrogens with zero attached hydrogens (tertiary/aromatic N) is 1. The molecular formula is C11H9NO. The van der Waals surface area contributed by atoms with E-state index in [9.17, 15) is 0 Å². The minimum Gasteiger partial charge on any atom is -0.361 e. The Morgan fingerprint density at radius 2 is 2.15 bits per heavy atom. The highest BCUT2D eigenvalue weighted by Gasteiger charge is 2.23. The molecule has 0 atom stereocenters. The van der Waals surface area contributed by atoms with Crippen LogP contribution in [0, 0.1) is 6.92 Å². The van der Waals surface area contributed by atoms with Crippen LogP contribution in [-0.4, -0.2) is 5.16 Å². The smallest absolute Gasteiger partial charge is 0.137 e.